The topological polar surface area (TPSA) is 93.4 Å². The summed E-state index contributed by atoms with van der Waals surface area (Å²) < 4.78 is 5.44. The summed E-state index contributed by atoms with van der Waals surface area (Å²) >= 11 is 0. The van der Waals surface area contributed by atoms with Crippen LogP contribution in [0.2, 0.25) is 0 Å². The van der Waals surface area contributed by atoms with Crippen LogP contribution in [0.15, 0.2) is 6.07 Å². The molecule has 3 N–H and O–H groups in total. The number of hydrogen-bond donors (Lipinski definition) is 2. The van der Waals surface area contributed by atoms with Crippen LogP contribution >= 0.6 is 0 Å². The Morgan fingerprint density at radius 1 is 1.50 bits per heavy atom. The summed E-state index contributed by atoms with van der Waals surface area (Å²) in [5.74, 6) is 1.71. The van der Waals surface area contributed by atoms with Crippen molar-refractivity contribution in [1.29, 1.82) is 0 Å². The van der Waals surface area contributed by atoms with Crippen LogP contribution in [0.5, 0.6) is 0 Å². The molecule has 108 valence electrons. The number of nitrogens with one attached hydrogen (secondary N) is 1. The molecule has 1 aliphatic carbocycles. The molecule has 7 heteroatoms. The molecule has 2 heterocycles. The van der Waals surface area contributed by atoms with E-state index in [9.17, 15) is 4.79 Å². The number of carbonyl (C=O) groups is 1. The Balaban J connectivity index is 1.81. The lowest BCUT2D eigenvalue weighted by Gasteiger charge is -2.35. The van der Waals surface area contributed by atoms with Gasteiger partial charge in [-0.3, -0.25) is 4.79 Å². The lowest BCUT2D eigenvalue weighted by atomic mass is 10.2. The summed E-state index contributed by atoms with van der Waals surface area (Å²) in [5, 5.41) is 3.02. The Morgan fingerprint density at radius 3 is 3.00 bits per heavy atom. The number of nitrogens with zero attached hydrogens (tertiary/aromatic N) is 3. The number of aryl methyl sites for hydroxylation is 1. The molecule has 1 aliphatic heterocycles. The molecule has 0 aromatic carbocycles. The van der Waals surface area contributed by atoms with Gasteiger partial charge in [0.15, 0.2) is 0 Å². The Kier molecular flexibility index (Phi) is 3.43. The molecule has 1 saturated heterocycles. The van der Waals surface area contributed by atoms with Crippen molar-refractivity contribution in [3.05, 3.63) is 11.9 Å². The maximum atomic E-state index is 12.3. The SMILES string of the molecule is Cc1nc(N)cc(N2CCOCC2C(=O)NC2CC2)n1. The summed E-state index contributed by atoms with van der Waals surface area (Å²) in [6, 6.07) is 1.69. The average molecular weight is 277 g/mol. The van der Waals surface area contributed by atoms with E-state index in [0.717, 1.165) is 12.8 Å². The van der Waals surface area contributed by atoms with Crippen LogP contribution in [0.1, 0.15) is 18.7 Å². The maximum absolute atomic E-state index is 12.3. The van der Waals surface area contributed by atoms with E-state index in [0.29, 0.717) is 43.3 Å². The fourth-order valence-corrected chi connectivity index (χ4v) is 2.34. The standard InChI is InChI=1S/C13H19N5O2/c1-8-15-11(14)6-12(16-8)18-4-5-20-7-10(18)13(19)17-9-2-3-9/h6,9-10H,2-5,7H2,1H3,(H,17,19)(H2,14,15,16). The largest absolute Gasteiger partial charge is 0.384 e. The summed E-state index contributed by atoms with van der Waals surface area (Å²) in [7, 11) is 0. The minimum atomic E-state index is -0.349. The number of morpholine rings is 1. The van der Waals surface area contributed by atoms with Crippen LogP contribution in [0.3, 0.4) is 0 Å². The molecule has 1 saturated carbocycles. The summed E-state index contributed by atoms with van der Waals surface area (Å²) in [4.78, 5) is 22.7. The van der Waals surface area contributed by atoms with Crippen molar-refractivity contribution in [2.24, 2.45) is 0 Å². The molecule has 7 nitrogen and oxygen atoms in total. The number of nitrogens with two attached hydrogens (primary N) is 1. The zero-order valence-electron chi connectivity index (χ0n) is 11.5. The molecule has 3 rings (SSSR count). The van der Waals surface area contributed by atoms with Crippen molar-refractivity contribution in [3.63, 3.8) is 0 Å². The quantitative estimate of drug-likeness (QED) is 0.798. The third kappa shape index (κ3) is 2.82. The van der Waals surface area contributed by atoms with Gasteiger partial charge >= 0.3 is 0 Å². The molecule has 1 atom stereocenters. The Labute approximate surface area is 117 Å². The first-order valence-corrected chi connectivity index (χ1v) is 6.89. The molecule has 0 spiro atoms. The van der Waals surface area contributed by atoms with Crippen LogP contribution < -0.4 is 16.0 Å². The summed E-state index contributed by atoms with van der Waals surface area (Å²) in [5.41, 5.74) is 5.77. The molecule has 0 bridgehead atoms. The summed E-state index contributed by atoms with van der Waals surface area (Å²) in [6.45, 7) is 3.37. The lowest BCUT2D eigenvalue weighted by molar-refractivity contribution is -0.124. The first-order valence-electron chi connectivity index (χ1n) is 6.89. The van der Waals surface area contributed by atoms with Gasteiger partial charge < -0.3 is 20.7 Å². The van der Waals surface area contributed by atoms with Gasteiger partial charge in [-0.25, -0.2) is 9.97 Å². The van der Waals surface area contributed by atoms with E-state index in [1.54, 1.807) is 13.0 Å². The Morgan fingerprint density at radius 2 is 2.30 bits per heavy atom. The Hall–Kier alpha value is -1.89. The maximum Gasteiger partial charge on any atom is 0.245 e. The van der Waals surface area contributed by atoms with Gasteiger partial charge in [0, 0.05) is 18.7 Å². The number of amides is 1. The highest BCUT2D eigenvalue weighted by Crippen LogP contribution is 2.22. The molecule has 0 radical (unpaired) electrons. The highest BCUT2D eigenvalue weighted by molar-refractivity contribution is 5.86. The zero-order chi connectivity index (χ0) is 14.1. The monoisotopic (exact) mass is 277 g/mol. The number of aromatic nitrogens is 2. The zero-order valence-corrected chi connectivity index (χ0v) is 11.5. The molecule has 2 fully saturated rings. The number of nitrogen functional groups attached to an aromatic ring is 1. The molecular formula is C13H19N5O2. The minimum absolute atomic E-state index is 0.00189. The van der Waals surface area contributed by atoms with Gasteiger partial charge in [0.25, 0.3) is 0 Å². The van der Waals surface area contributed by atoms with E-state index in [1.165, 1.54) is 0 Å². The third-order valence-electron chi connectivity index (χ3n) is 3.49. The van der Waals surface area contributed by atoms with Gasteiger partial charge in [0.05, 0.1) is 13.2 Å². The number of rotatable bonds is 3. The van der Waals surface area contributed by atoms with Gasteiger partial charge in [-0.2, -0.15) is 0 Å². The fraction of sp³-hybridized carbons (Fsp3) is 0.615. The van der Waals surface area contributed by atoms with E-state index >= 15 is 0 Å². The van der Waals surface area contributed by atoms with Crippen molar-refractivity contribution in [2.45, 2.75) is 31.8 Å². The number of hydrogen-bond acceptors (Lipinski definition) is 6. The number of carbonyl (C=O) groups excluding carboxylic acids is 1. The predicted molar refractivity (Wildman–Crippen MR) is 74.3 cm³/mol. The van der Waals surface area contributed by atoms with Crippen molar-refractivity contribution in [2.75, 3.05) is 30.4 Å². The van der Waals surface area contributed by atoms with Gasteiger partial charge in [-0.1, -0.05) is 0 Å². The number of anilines is 2. The Bertz CT molecular complexity index is 497. The highest BCUT2D eigenvalue weighted by Gasteiger charge is 2.34. The lowest BCUT2D eigenvalue weighted by Crippen LogP contribution is -2.54. The second-order valence-corrected chi connectivity index (χ2v) is 5.27. The van der Waals surface area contributed by atoms with Crippen molar-refractivity contribution in [3.8, 4) is 0 Å². The van der Waals surface area contributed by atoms with E-state index in [1.807, 2.05) is 4.90 Å². The van der Waals surface area contributed by atoms with E-state index in [-0.39, 0.29) is 11.9 Å². The summed E-state index contributed by atoms with van der Waals surface area (Å²) in [6.07, 6.45) is 2.14. The van der Waals surface area contributed by atoms with Gasteiger partial charge in [0.1, 0.15) is 23.5 Å². The first-order chi connectivity index (χ1) is 9.63. The van der Waals surface area contributed by atoms with Gasteiger partial charge in [-0.15, -0.1) is 0 Å². The number of ether oxygens (including phenoxy) is 1. The molecule has 2 aliphatic rings. The van der Waals surface area contributed by atoms with Crippen LogP contribution in [0.25, 0.3) is 0 Å². The van der Waals surface area contributed by atoms with Gasteiger partial charge in [0.2, 0.25) is 5.91 Å². The van der Waals surface area contributed by atoms with Crippen LogP contribution in [-0.2, 0) is 9.53 Å². The molecule has 1 aromatic heterocycles. The third-order valence-corrected chi connectivity index (χ3v) is 3.49. The molecule has 1 unspecified atom stereocenters. The molecule has 1 amide bonds. The molecular weight excluding hydrogens is 258 g/mol. The fourth-order valence-electron chi connectivity index (χ4n) is 2.34. The average Bonchev–Trinajstić information content (AvgIpc) is 3.21. The van der Waals surface area contributed by atoms with E-state index < -0.39 is 0 Å². The highest BCUT2D eigenvalue weighted by atomic mass is 16.5. The van der Waals surface area contributed by atoms with Crippen LogP contribution in [0, 0.1) is 6.92 Å². The molecule has 1 aromatic rings. The first kappa shape index (κ1) is 13.1. The minimum Gasteiger partial charge on any atom is -0.384 e. The van der Waals surface area contributed by atoms with Crippen LogP contribution in [-0.4, -0.2) is 47.7 Å². The van der Waals surface area contributed by atoms with E-state index in [2.05, 4.69) is 15.3 Å². The predicted octanol–water partition coefficient (Wildman–Crippen LogP) is -0.149. The molecule has 20 heavy (non-hydrogen) atoms. The normalized spacial score (nSPS) is 22.6. The van der Waals surface area contributed by atoms with Crippen LogP contribution in [0.4, 0.5) is 11.6 Å². The van der Waals surface area contributed by atoms with Crippen molar-refractivity contribution < 1.29 is 9.53 Å². The van der Waals surface area contributed by atoms with Gasteiger partial charge in [-0.05, 0) is 19.8 Å². The van der Waals surface area contributed by atoms with Crippen molar-refractivity contribution >= 4 is 17.5 Å². The second kappa shape index (κ2) is 5.24. The smallest absolute Gasteiger partial charge is 0.245 e. The van der Waals surface area contributed by atoms with Crippen molar-refractivity contribution in [1.82, 2.24) is 15.3 Å². The van der Waals surface area contributed by atoms with E-state index in [4.69, 9.17) is 10.5 Å². The second-order valence-electron chi connectivity index (χ2n) is 5.27.